The monoisotopic (exact) mass is 449 g/mol. The maximum Gasteiger partial charge on any atom is 0.181 e. The van der Waals surface area contributed by atoms with Crippen LogP contribution in [0.5, 0.6) is 0 Å². The molecule has 1 aromatic carbocycles. The molecule has 7 heteroatoms. The number of carbonyl (C=O) groups is 1. The van der Waals surface area contributed by atoms with Crippen LogP contribution in [0.3, 0.4) is 0 Å². The van der Waals surface area contributed by atoms with Gasteiger partial charge < -0.3 is 5.11 Å². The lowest BCUT2D eigenvalue weighted by molar-refractivity contribution is 0.0965. The topological polar surface area (TPSA) is 76.0 Å². The predicted octanol–water partition coefficient (Wildman–Crippen LogP) is 4.98. The first-order valence-corrected chi connectivity index (χ1v) is 11.3. The van der Waals surface area contributed by atoms with Gasteiger partial charge in [-0.25, -0.2) is 13.8 Å². The standard InChI is InChI=1S/C26H25F2N3O2/c1-25(2)16-11-12-26(25,22-10-4-8-19(29-22)21(33)9-5-13-32)24-15(16)14-20(30-31-24)23-17(27)6-3-7-18(23)28/h3-4,6-8,10,14,16,32H,5,9,11-13H2,1-2H3/t16-,26-/m1/s1. The highest BCUT2D eigenvalue weighted by atomic mass is 19.1. The smallest absolute Gasteiger partial charge is 0.181 e. The third kappa shape index (κ3) is 3.05. The van der Waals surface area contributed by atoms with Gasteiger partial charge in [-0.15, -0.1) is 5.10 Å². The summed E-state index contributed by atoms with van der Waals surface area (Å²) in [4.78, 5) is 17.3. The highest BCUT2D eigenvalue weighted by molar-refractivity contribution is 5.94. The van der Waals surface area contributed by atoms with Crippen LogP contribution in [0.1, 0.15) is 72.9 Å². The Bertz CT molecular complexity index is 1240. The van der Waals surface area contributed by atoms with E-state index in [0.717, 1.165) is 29.8 Å². The van der Waals surface area contributed by atoms with Gasteiger partial charge in [-0.2, -0.15) is 5.10 Å². The molecule has 33 heavy (non-hydrogen) atoms. The van der Waals surface area contributed by atoms with Gasteiger partial charge in [0.1, 0.15) is 17.3 Å². The number of fused-ring (bicyclic) bond motifs is 5. The van der Waals surface area contributed by atoms with Crippen molar-refractivity contribution in [3.05, 3.63) is 76.7 Å². The van der Waals surface area contributed by atoms with Crippen LogP contribution in [-0.4, -0.2) is 32.7 Å². The Kier molecular flexibility index (Phi) is 5.12. The van der Waals surface area contributed by atoms with E-state index in [2.05, 4.69) is 24.0 Å². The summed E-state index contributed by atoms with van der Waals surface area (Å²) in [5, 5.41) is 17.8. The molecule has 0 saturated heterocycles. The lowest BCUT2D eigenvalue weighted by Crippen LogP contribution is -2.38. The van der Waals surface area contributed by atoms with E-state index >= 15 is 0 Å². The zero-order chi connectivity index (χ0) is 23.4. The molecule has 170 valence electrons. The van der Waals surface area contributed by atoms with E-state index in [9.17, 15) is 13.6 Å². The van der Waals surface area contributed by atoms with Crippen LogP contribution in [0.2, 0.25) is 0 Å². The number of aliphatic hydroxyl groups is 1. The van der Waals surface area contributed by atoms with Gasteiger partial charge in [0.15, 0.2) is 5.78 Å². The molecular weight excluding hydrogens is 424 g/mol. The van der Waals surface area contributed by atoms with Crippen LogP contribution in [0.25, 0.3) is 11.3 Å². The molecule has 5 rings (SSSR count). The molecule has 3 aromatic rings. The zero-order valence-corrected chi connectivity index (χ0v) is 18.6. The average molecular weight is 450 g/mol. The van der Waals surface area contributed by atoms with E-state index < -0.39 is 17.0 Å². The van der Waals surface area contributed by atoms with Gasteiger partial charge in [0.2, 0.25) is 0 Å². The Labute approximate surface area is 190 Å². The first-order chi connectivity index (χ1) is 15.8. The molecule has 2 atom stereocenters. The highest BCUT2D eigenvalue weighted by Crippen LogP contribution is 2.69. The van der Waals surface area contributed by atoms with E-state index in [-0.39, 0.29) is 41.4 Å². The summed E-state index contributed by atoms with van der Waals surface area (Å²) in [7, 11) is 0. The van der Waals surface area contributed by atoms with Crippen molar-refractivity contribution in [1.82, 2.24) is 15.2 Å². The number of carbonyl (C=O) groups excluding carboxylic acids is 1. The fraction of sp³-hybridized carbons (Fsp3) is 0.385. The summed E-state index contributed by atoms with van der Waals surface area (Å²) in [6.07, 6.45) is 2.32. The Morgan fingerprint density at radius 1 is 1.12 bits per heavy atom. The molecule has 1 fully saturated rings. The minimum Gasteiger partial charge on any atom is -0.396 e. The van der Waals surface area contributed by atoms with E-state index in [1.54, 1.807) is 12.1 Å². The Morgan fingerprint density at radius 3 is 2.58 bits per heavy atom. The van der Waals surface area contributed by atoms with Crippen molar-refractivity contribution in [2.45, 2.75) is 50.9 Å². The Balaban J connectivity index is 1.63. The SMILES string of the molecule is CC1(C)[C@@H]2CC[C@@]1(c1cccc(C(=O)CCCO)n1)c1nnc(-c3c(F)cccc3F)cc12. The normalized spacial score (nSPS) is 22.4. The van der Waals surface area contributed by atoms with Crippen molar-refractivity contribution >= 4 is 5.78 Å². The molecule has 2 bridgehead atoms. The van der Waals surface area contributed by atoms with Gasteiger partial charge in [0.05, 0.1) is 28.1 Å². The third-order valence-electron chi connectivity index (χ3n) is 7.64. The summed E-state index contributed by atoms with van der Waals surface area (Å²) in [6.45, 7) is 4.28. The number of aromatic nitrogens is 3. The molecule has 1 N–H and O–H groups in total. The number of hydrogen-bond donors (Lipinski definition) is 1. The van der Waals surface area contributed by atoms with Crippen molar-refractivity contribution in [1.29, 1.82) is 0 Å². The maximum absolute atomic E-state index is 14.4. The molecule has 0 amide bonds. The van der Waals surface area contributed by atoms with Crippen LogP contribution >= 0.6 is 0 Å². The van der Waals surface area contributed by atoms with E-state index in [1.165, 1.54) is 18.2 Å². The van der Waals surface area contributed by atoms with Crippen LogP contribution in [-0.2, 0) is 5.41 Å². The molecule has 2 aromatic heterocycles. The van der Waals surface area contributed by atoms with Crippen molar-refractivity contribution in [2.75, 3.05) is 6.61 Å². The van der Waals surface area contributed by atoms with Crippen molar-refractivity contribution in [3.63, 3.8) is 0 Å². The third-order valence-corrected chi connectivity index (χ3v) is 7.64. The lowest BCUT2D eigenvalue weighted by Gasteiger charge is -2.37. The zero-order valence-electron chi connectivity index (χ0n) is 18.6. The largest absolute Gasteiger partial charge is 0.396 e. The van der Waals surface area contributed by atoms with E-state index in [1.807, 2.05) is 12.1 Å². The molecule has 2 aliphatic carbocycles. The minimum atomic E-state index is -0.669. The molecule has 5 nitrogen and oxygen atoms in total. The number of nitrogens with zero attached hydrogens (tertiary/aromatic N) is 3. The molecule has 0 aliphatic heterocycles. The van der Waals surface area contributed by atoms with Crippen molar-refractivity contribution < 1.29 is 18.7 Å². The van der Waals surface area contributed by atoms with Crippen LogP contribution < -0.4 is 0 Å². The van der Waals surface area contributed by atoms with Crippen LogP contribution in [0.4, 0.5) is 8.78 Å². The first kappa shape index (κ1) is 21.8. The van der Waals surface area contributed by atoms with Gasteiger partial charge in [-0.1, -0.05) is 26.0 Å². The number of pyridine rings is 1. The van der Waals surface area contributed by atoms with E-state index in [4.69, 9.17) is 10.1 Å². The quantitative estimate of drug-likeness (QED) is 0.538. The summed E-state index contributed by atoms with van der Waals surface area (Å²) in [5.41, 5.74) is 2.06. The molecular formula is C26H25F2N3O2. The number of rotatable bonds is 6. The maximum atomic E-state index is 14.4. The van der Waals surface area contributed by atoms with Gasteiger partial charge in [-0.3, -0.25) is 4.79 Å². The number of hydrogen-bond acceptors (Lipinski definition) is 5. The number of Topliss-reactive ketones (excluding diaryl/α,β-unsaturated/α-hetero) is 1. The first-order valence-electron chi connectivity index (χ1n) is 11.3. The van der Waals surface area contributed by atoms with E-state index in [0.29, 0.717) is 12.1 Å². The van der Waals surface area contributed by atoms with Gasteiger partial charge >= 0.3 is 0 Å². The van der Waals surface area contributed by atoms with Crippen molar-refractivity contribution in [2.24, 2.45) is 5.41 Å². The highest BCUT2D eigenvalue weighted by Gasteiger charge is 2.65. The number of halogens is 2. The van der Waals surface area contributed by atoms with Gasteiger partial charge in [0.25, 0.3) is 0 Å². The van der Waals surface area contributed by atoms with Crippen LogP contribution in [0.15, 0.2) is 42.5 Å². The summed E-state index contributed by atoms with van der Waals surface area (Å²) in [6, 6.07) is 11.0. The second-order valence-electron chi connectivity index (χ2n) is 9.51. The number of ketones is 1. The molecule has 0 spiro atoms. The molecule has 1 saturated carbocycles. The van der Waals surface area contributed by atoms with Gasteiger partial charge in [-0.05, 0) is 66.5 Å². The van der Waals surface area contributed by atoms with Crippen LogP contribution in [0, 0.1) is 17.0 Å². The Hall–Kier alpha value is -3.06. The summed E-state index contributed by atoms with van der Waals surface area (Å²) < 4.78 is 28.8. The predicted molar refractivity (Wildman–Crippen MR) is 119 cm³/mol. The second kappa shape index (κ2) is 7.76. The number of benzene rings is 1. The lowest BCUT2D eigenvalue weighted by atomic mass is 9.66. The number of aliphatic hydroxyl groups excluding tert-OH is 1. The van der Waals surface area contributed by atoms with Gasteiger partial charge in [0, 0.05) is 13.0 Å². The summed E-state index contributed by atoms with van der Waals surface area (Å²) in [5.74, 6) is -1.31. The fourth-order valence-corrected chi connectivity index (χ4v) is 5.95. The molecule has 0 unspecified atom stereocenters. The average Bonchev–Trinajstić information content (AvgIpc) is 3.18. The molecule has 2 heterocycles. The fourth-order valence-electron chi connectivity index (χ4n) is 5.95. The molecule has 2 aliphatic rings. The molecule has 0 radical (unpaired) electrons. The Morgan fingerprint density at radius 2 is 1.85 bits per heavy atom. The van der Waals surface area contributed by atoms with Crippen molar-refractivity contribution in [3.8, 4) is 11.3 Å². The summed E-state index contributed by atoms with van der Waals surface area (Å²) >= 11 is 0. The second-order valence-corrected chi connectivity index (χ2v) is 9.51. The minimum absolute atomic E-state index is 0.0437.